The van der Waals surface area contributed by atoms with Crippen LogP contribution in [0.15, 0.2) is 0 Å². The van der Waals surface area contributed by atoms with Crippen molar-refractivity contribution in [2.45, 2.75) is 52.0 Å². The highest BCUT2D eigenvalue weighted by Gasteiger charge is 2.32. The molecule has 0 heterocycles. The largest absolute Gasteiger partial charge is 0.468 e. The summed E-state index contributed by atoms with van der Waals surface area (Å²) in [6.07, 6.45) is 4.00. The lowest BCUT2D eigenvalue weighted by Crippen LogP contribution is -2.50. The summed E-state index contributed by atoms with van der Waals surface area (Å²) in [4.78, 5) is 14.1. The van der Waals surface area contributed by atoms with Gasteiger partial charge in [0.05, 0.1) is 7.11 Å². The Hall–Kier alpha value is -0.610. The Kier molecular flexibility index (Phi) is 9.02. The smallest absolute Gasteiger partial charge is 0.325 e. The first-order chi connectivity index (χ1) is 8.50. The Balaban J connectivity index is 4.12. The van der Waals surface area contributed by atoms with Crippen molar-refractivity contribution in [1.82, 2.24) is 10.2 Å². The number of methoxy groups -OCH3 is 1. The molecule has 0 aliphatic carbocycles. The number of carbonyl (C=O) groups is 1. The minimum absolute atomic E-state index is 0.153. The van der Waals surface area contributed by atoms with E-state index in [0.29, 0.717) is 0 Å². The monoisotopic (exact) mass is 258 g/mol. The van der Waals surface area contributed by atoms with Crippen molar-refractivity contribution in [3.63, 3.8) is 0 Å². The maximum absolute atomic E-state index is 11.8. The van der Waals surface area contributed by atoms with Crippen molar-refractivity contribution in [3.8, 4) is 0 Å². The third-order valence-corrected chi connectivity index (χ3v) is 3.41. The van der Waals surface area contributed by atoms with Gasteiger partial charge in [-0.3, -0.25) is 4.79 Å². The van der Waals surface area contributed by atoms with Gasteiger partial charge in [0, 0.05) is 0 Å². The summed E-state index contributed by atoms with van der Waals surface area (Å²) < 4.78 is 4.90. The molecule has 4 heteroatoms. The molecule has 1 unspecified atom stereocenters. The van der Waals surface area contributed by atoms with Gasteiger partial charge in [-0.1, -0.05) is 13.8 Å². The number of hydrogen-bond acceptors (Lipinski definition) is 4. The Labute approximate surface area is 112 Å². The average Bonchev–Trinajstić information content (AvgIpc) is 2.39. The van der Waals surface area contributed by atoms with Crippen LogP contribution in [0.2, 0.25) is 0 Å². The molecule has 0 rings (SSSR count). The summed E-state index contributed by atoms with van der Waals surface area (Å²) in [5.41, 5.74) is -0.532. The molecule has 0 fully saturated rings. The van der Waals surface area contributed by atoms with E-state index in [-0.39, 0.29) is 5.97 Å². The maximum Gasteiger partial charge on any atom is 0.325 e. The fourth-order valence-corrected chi connectivity index (χ4v) is 1.91. The van der Waals surface area contributed by atoms with E-state index in [0.717, 1.165) is 45.3 Å². The summed E-state index contributed by atoms with van der Waals surface area (Å²) >= 11 is 0. The van der Waals surface area contributed by atoms with E-state index >= 15 is 0 Å². The first-order valence-electron chi connectivity index (χ1n) is 7.02. The predicted molar refractivity (Wildman–Crippen MR) is 75.7 cm³/mol. The van der Waals surface area contributed by atoms with Crippen molar-refractivity contribution in [2.75, 3.05) is 33.8 Å². The molecule has 0 aromatic heterocycles. The van der Waals surface area contributed by atoms with Gasteiger partial charge in [0.1, 0.15) is 5.54 Å². The summed E-state index contributed by atoms with van der Waals surface area (Å²) in [5.74, 6) is -0.153. The third kappa shape index (κ3) is 6.36. The van der Waals surface area contributed by atoms with Gasteiger partial charge in [-0.15, -0.1) is 0 Å². The highest BCUT2D eigenvalue weighted by atomic mass is 16.5. The zero-order valence-electron chi connectivity index (χ0n) is 12.7. The zero-order chi connectivity index (χ0) is 14.0. The van der Waals surface area contributed by atoms with Crippen LogP contribution in [0.5, 0.6) is 0 Å². The van der Waals surface area contributed by atoms with Crippen LogP contribution in [-0.2, 0) is 9.53 Å². The van der Waals surface area contributed by atoms with Gasteiger partial charge in [-0.05, 0) is 59.3 Å². The van der Waals surface area contributed by atoms with Gasteiger partial charge in [0.25, 0.3) is 0 Å². The Morgan fingerprint density at radius 1 is 1.33 bits per heavy atom. The number of ether oxygens (including phenoxy) is 1. The van der Waals surface area contributed by atoms with E-state index in [1.807, 2.05) is 6.92 Å². The van der Waals surface area contributed by atoms with E-state index in [4.69, 9.17) is 4.74 Å². The Bertz CT molecular complexity index is 234. The van der Waals surface area contributed by atoms with Crippen LogP contribution in [0, 0.1) is 0 Å². The number of nitrogens with one attached hydrogen (secondary N) is 1. The number of hydrogen-bond donors (Lipinski definition) is 1. The van der Waals surface area contributed by atoms with Gasteiger partial charge in [-0.2, -0.15) is 0 Å². The van der Waals surface area contributed by atoms with E-state index in [2.05, 4.69) is 31.1 Å². The van der Waals surface area contributed by atoms with Gasteiger partial charge in [0.2, 0.25) is 0 Å². The number of rotatable bonds is 10. The van der Waals surface area contributed by atoms with E-state index < -0.39 is 5.54 Å². The molecule has 0 aliphatic heterocycles. The number of esters is 1. The van der Waals surface area contributed by atoms with Gasteiger partial charge >= 0.3 is 5.97 Å². The second kappa shape index (κ2) is 9.34. The van der Waals surface area contributed by atoms with Crippen molar-refractivity contribution < 1.29 is 9.53 Å². The van der Waals surface area contributed by atoms with Crippen LogP contribution in [0.3, 0.4) is 0 Å². The quantitative estimate of drug-likeness (QED) is 0.481. The summed E-state index contributed by atoms with van der Waals surface area (Å²) in [5, 5.41) is 3.31. The molecule has 0 bridgehead atoms. The number of carbonyl (C=O) groups excluding carboxylic acids is 1. The number of unbranched alkanes of at least 4 members (excludes halogenated alkanes) is 1. The topological polar surface area (TPSA) is 41.6 Å². The summed E-state index contributed by atoms with van der Waals surface area (Å²) in [7, 11) is 3.58. The van der Waals surface area contributed by atoms with Crippen LogP contribution in [0.4, 0.5) is 0 Å². The lowest BCUT2D eigenvalue weighted by Gasteiger charge is -2.28. The lowest BCUT2D eigenvalue weighted by molar-refractivity contribution is -0.148. The SMILES string of the molecule is CCCNC(C)(CCCCN(C)CC)C(=O)OC. The van der Waals surface area contributed by atoms with Crippen molar-refractivity contribution in [1.29, 1.82) is 0 Å². The maximum atomic E-state index is 11.8. The Morgan fingerprint density at radius 3 is 2.50 bits per heavy atom. The second-order valence-electron chi connectivity index (χ2n) is 5.10. The van der Waals surface area contributed by atoms with Crippen molar-refractivity contribution in [3.05, 3.63) is 0 Å². The molecule has 0 saturated carbocycles. The van der Waals surface area contributed by atoms with Crippen molar-refractivity contribution in [2.24, 2.45) is 0 Å². The molecular formula is C14H30N2O2. The van der Waals surface area contributed by atoms with Crippen molar-refractivity contribution >= 4 is 5.97 Å². The fourth-order valence-electron chi connectivity index (χ4n) is 1.91. The third-order valence-electron chi connectivity index (χ3n) is 3.41. The van der Waals surface area contributed by atoms with Crippen LogP contribution in [0.1, 0.15) is 46.5 Å². The first-order valence-corrected chi connectivity index (χ1v) is 7.02. The zero-order valence-corrected chi connectivity index (χ0v) is 12.7. The van der Waals surface area contributed by atoms with E-state index in [1.165, 1.54) is 7.11 Å². The highest BCUT2D eigenvalue weighted by Crippen LogP contribution is 2.16. The molecule has 0 radical (unpaired) electrons. The molecule has 0 spiro atoms. The minimum atomic E-state index is -0.532. The van der Waals surface area contributed by atoms with Crippen LogP contribution in [-0.4, -0.2) is 50.2 Å². The van der Waals surface area contributed by atoms with Gasteiger partial charge < -0.3 is 15.0 Å². The molecule has 0 aliphatic rings. The van der Waals surface area contributed by atoms with E-state index in [9.17, 15) is 4.79 Å². The normalized spacial score (nSPS) is 14.6. The molecule has 0 aromatic carbocycles. The molecule has 1 N–H and O–H groups in total. The van der Waals surface area contributed by atoms with Crippen LogP contribution < -0.4 is 5.32 Å². The number of nitrogens with zero attached hydrogens (tertiary/aromatic N) is 1. The second-order valence-corrected chi connectivity index (χ2v) is 5.10. The minimum Gasteiger partial charge on any atom is -0.468 e. The highest BCUT2D eigenvalue weighted by molar-refractivity contribution is 5.80. The predicted octanol–water partition coefficient (Wildman–Crippen LogP) is 2.04. The molecule has 1 atom stereocenters. The molecule has 0 amide bonds. The molecule has 0 aromatic rings. The molecule has 4 nitrogen and oxygen atoms in total. The van der Waals surface area contributed by atoms with Crippen LogP contribution in [0.25, 0.3) is 0 Å². The molecule has 108 valence electrons. The molecule has 18 heavy (non-hydrogen) atoms. The fraction of sp³-hybridized carbons (Fsp3) is 0.929. The Morgan fingerprint density at radius 2 is 2.00 bits per heavy atom. The lowest BCUT2D eigenvalue weighted by atomic mass is 9.94. The summed E-state index contributed by atoms with van der Waals surface area (Å²) in [6.45, 7) is 9.20. The van der Waals surface area contributed by atoms with Gasteiger partial charge in [0.15, 0.2) is 0 Å². The van der Waals surface area contributed by atoms with E-state index in [1.54, 1.807) is 0 Å². The molecule has 0 saturated heterocycles. The average molecular weight is 258 g/mol. The summed E-state index contributed by atoms with van der Waals surface area (Å²) in [6, 6.07) is 0. The molecular weight excluding hydrogens is 228 g/mol. The standard InChI is InChI=1S/C14H30N2O2/c1-6-11-15-14(3,13(17)18-5)10-8-9-12-16(4)7-2/h15H,6-12H2,1-5H3. The van der Waals surface area contributed by atoms with Gasteiger partial charge in [-0.25, -0.2) is 0 Å². The first kappa shape index (κ1) is 17.4. The van der Waals surface area contributed by atoms with Crippen LogP contribution >= 0.6 is 0 Å².